The number of amides is 1. The molecule has 9 nitrogen and oxygen atoms in total. The molecular weight excluding hydrogens is 446 g/mol. The van der Waals surface area contributed by atoms with Crippen LogP contribution in [0.25, 0.3) is 0 Å². The van der Waals surface area contributed by atoms with Crippen LogP contribution in [0.2, 0.25) is 0 Å². The summed E-state index contributed by atoms with van der Waals surface area (Å²) in [6.07, 6.45) is 0. The molecule has 1 aromatic heterocycles. The molecule has 32 heavy (non-hydrogen) atoms. The van der Waals surface area contributed by atoms with Gasteiger partial charge in [-0.15, -0.1) is 0 Å². The third-order valence-corrected chi connectivity index (χ3v) is 6.19. The Bertz CT molecular complexity index is 1290. The van der Waals surface area contributed by atoms with Crippen LogP contribution in [0.1, 0.15) is 27.3 Å². The van der Waals surface area contributed by atoms with E-state index in [-0.39, 0.29) is 23.5 Å². The van der Waals surface area contributed by atoms with Gasteiger partial charge in [-0.1, -0.05) is 24.3 Å². The molecule has 0 atom stereocenters. The molecule has 1 heterocycles. The summed E-state index contributed by atoms with van der Waals surface area (Å²) in [5, 5.41) is 17.6. The summed E-state index contributed by atoms with van der Waals surface area (Å²) >= 11 is 0. The van der Waals surface area contributed by atoms with Gasteiger partial charge in [0.25, 0.3) is 5.91 Å². The van der Waals surface area contributed by atoms with Crippen molar-refractivity contribution in [3.8, 4) is 0 Å². The summed E-state index contributed by atoms with van der Waals surface area (Å²) in [4.78, 5) is 22.5. The zero-order chi connectivity index (χ0) is 23.6. The smallest absolute Gasteiger partial charge is 0.321 e. The lowest BCUT2D eigenvalue weighted by molar-refractivity contribution is -0.386. The van der Waals surface area contributed by atoms with Gasteiger partial charge in [-0.05, 0) is 43.7 Å². The molecule has 0 spiro atoms. The molecule has 0 aliphatic carbocycles. The number of nitro groups is 1. The molecule has 0 saturated carbocycles. The van der Waals surface area contributed by atoms with Crippen LogP contribution in [0.3, 0.4) is 0 Å². The maximum Gasteiger partial charge on any atom is 0.341 e. The molecule has 0 unspecified atom stereocenters. The number of benzene rings is 2. The Balaban J connectivity index is 1.79. The molecule has 3 aromatic rings. The molecule has 168 valence electrons. The summed E-state index contributed by atoms with van der Waals surface area (Å²) in [5.41, 5.74) is 1.25. The standard InChI is InChI=1S/C20H18F2N4O5S/c1-12-18(26(28)29)13(2)25(24-12)11-14-7-9-15(10-8-14)19(27)23-16-5-3-4-6-17(16)32(30,31)20(21)22/h3-10,20H,11H2,1-2H3,(H,23,27). The Hall–Kier alpha value is -3.67. The van der Waals surface area contributed by atoms with Gasteiger partial charge in [-0.3, -0.25) is 19.6 Å². The second-order valence-electron chi connectivity index (χ2n) is 6.89. The second-order valence-corrected chi connectivity index (χ2v) is 8.77. The lowest BCUT2D eigenvalue weighted by atomic mass is 10.1. The molecular formula is C20H18F2N4O5S. The second kappa shape index (κ2) is 8.83. The predicted octanol–water partition coefficient (Wildman–Crippen LogP) is 3.71. The first-order valence-electron chi connectivity index (χ1n) is 9.22. The Morgan fingerprint density at radius 1 is 1.16 bits per heavy atom. The topological polar surface area (TPSA) is 124 Å². The number of hydrogen-bond acceptors (Lipinski definition) is 6. The minimum absolute atomic E-state index is 0.0570. The van der Waals surface area contributed by atoms with Crippen LogP contribution in [-0.2, 0) is 16.4 Å². The summed E-state index contributed by atoms with van der Waals surface area (Å²) in [6.45, 7) is 3.36. The minimum Gasteiger partial charge on any atom is -0.321 e. The van der Waals surface area contributed by atoms with E-state index in [1.54, 1.807) is 26.0 Å². The van der Waals surface area contributed by atoms with Crippen molar-refractivity contribution in [2.24, 2.45) is 0 Å². The first kappa shape index (κ1) is 23.0. The number of carbonyl (C=O) groups excluding carboxylic acids is 1. The summed E-state index contributed by atoms with van der Waals surface area (Å²) in [5.74, 6) is -4.31. The molecule has 0 fully saturated rings. The first-order chi connectivity index (χ1) is 15.0. The summed E-state index contributed by atoms with van der Waals surface area (Å²) < 4.78 is 51.0. The molecule has 0 radical (unpaired) electrons. The van der Waals surface area contributed by atoms with Gasteiger partial charge in [0.1, 0.15) is 11.4 Å². The van der Waals surface area contributed by atoms with Crippen LogP contribution in [0.4, 0.5) is 20.2 Å². The number of nitrogens with zero attached hydrogens (tertiary/aromatic N) is 3. The Morgan fingerprint density at radius 3 is 2.34 bits per heavy atom. The van der Waals surface area contributed by atoms with Crippen LogP contribution in [0, 0.1) is 24.0 Å². The number of sulfone groups is 1. The number of hydrogen-bond donors (Lipinski definition) is 1. The van der Waals surface area contributed by atoms with Crippen LogP contribution < -0.4 is 5.32 Å². The number of aryl methyl sites for hydroxylation is 1. The van der Waals surface area contributed by atoms with Crippen molar-refractivity contribution in [3.05, 3.63) is 81.2 Å². The van der Waals surface area contributed by atoms with Crippen molar-refractivity contribution in [1.82, 2.24) is 9.78 Å². The van der Waals surface area contributed by atoms with Crippen LogP contribution in [0.5, 0.6) is 0 Å². The first-order valence-corrected chi connectivity index (χ1v) is 10.8. The van der Waals surface area contributed by atoms with Gasteiger partial charge < -0.3 is 5.32 Å². The summed E-state index contributed by atoms with van der Waals surface area (Å²) in [6, 6.07) is 11.1. The van der Waals surface area contributed by atoms with Crippen molar-refractivity contribution in [1.29, 1.82) is 0 Å². The van der Waals surface area contributed by atoms with Crippen molar-refractivity contribution in [3.63, 3.8) is 0 Å². The quantitative estimate of drug-likeness (QED) is 0.420. The Labute approximate surface area is 181 Å². The maximum atomic E-state index is 12.9. The highest BCUT2D eigenvalue weighted by Crippen LogP contribution is 2.27. The number of nitrogens with one attached hydrogen (secondary N) is 1. The number of alkyl halides is 2. The number of aromatic nitrogens is 2. The van der Waals surface area contributed by atoms with Gasteiger partial charge in [0.2, 0.25) is 9.84 Å². The van der Waals surface area contributed by atoms with Gasteiger partial charge in [0, 0.05) is 5.56 Å². The lowest BCUT2D eigenvalue weighted by Gasteiger charge is -2.11. The lowest BCUT2D eigenvalue weighted by Crippen LogP contribution is -2.18. The van der Waals surface area contributed by atoms with E-state index in [0.29, 0.717) is 17.0 Å². The fourth-order valence-corrected chi connectivity index (χ4v) is 4.03. The van der Waals surface area contributed by atoms with E-state index in [1.165, 1.54) is 35.0 Å². The van der Waals surface area contributed by atoms with E-state index in [9.17, 15) is 32.1 Å². The molecule has 0 saturated heterocycles. The van der Waals surface area contributed by atoms with Gasteiger partial charge in [-0.25, -0.2) is 8.42 Å². The minimum atomic E-state index is -4.89. The highest BCUT2D eigenvalue weighted by molar-refractivity contribution is 7.91. The third-order valence-electron chi connectivity index (χ3n) is 4.75. The van der Waals surface area contributed by atoms with Gasteiger partial charge in [0.05, 0.1) is 22.1 Å². The molecule has 3 rings (SSSR count). The van der Waals surface area contributed by atoms with Crippen molar-refractivity contribution in [2.75, 3.05) is 5.32 Å². The van der Waals surface area contributed by atoms with E-state index in [0.717, 1.165) is 6.07 Å². The van der Waals surface area contributed by atoms with Crippen LogP contribution in [-0.4, -0.2) is 34.8 Å². The average Bonchev–Trinajstić information content (AvgIpc) is 3.01. The predicted molar refractivity (Wildman–Crippen MR) is 111 cm³/mol. The van der Waals surface area contributed by atoms with Crippen molar-refractivity contribution < 1.29 is 26.9 Å². The van der Waals surface area contributed by atoms with E-state index < -0.39 is 31.3 Å². The molecule has 1 N–H and O–H groups in total. The van der Waals surface area contributed by atoms with Crippen molar-refractivity contribution in [2.45, 2.75) is 31.0 Å². The zero-order valence-electron chi connectivity index (χ0n) is 17.0. The van der Waals surface area contributed by atoms with E-state index in [2.05, 4.69) is 10.4 Å². The third kappa shape index (κ3) is 4.49. The highest BCUT2D eigenvalue weighted by Gasteiger charge is 2.29. The highest BCUT2D eigenvalue weighted by atomic mass is 32.2. The Morgan fingerprint density at radius 2 is 1.78 bits per heavy atom. The Kier molecular flexibility index (Phi) is 6.35. The zero-order valence-corrected chi connectivity index (χ0v) is 17.8. The summed E-state index contributed by atoms with van der Waals surface area (Å²) in [7, 11) is -4.89. The molecule has 2 aromatic carbocycles. The van der Waals surface area contributed by atoms with E-state index in [1.807, 2.05) is 0 Å². The SMILES string of the molecule is Cc1nn(Cc2ccc(C(=O)Nc3ccccc3S(=O)(=O)C(F)F)cc2)c(C)c1[N+](=O)[O-]. The number of halogens is 2. The molecule has 1 amide bonds. The number of anilines is 1. The maximum absolute atomic E-state index is 12.9. The fourth-order valence-electron chi connectivity index (χ4n) is 3.15. The van der Waals surface area contributed by atoms with E-state index in [4.69, 9.17) is 0 Å². The number of carbonyl (C=O) groups is 1. The van der Waals surface area contributed by atoms with Crippen LogP contribution >= 0.6 is 0 Å². The fraction of sp³-hybridized carbons (Fsp3) is 0.200. The van der Waals surface area contributed by atoms with Gasteiger partial charge in [0.15, 0.2) is 0 Å². The molecule has 0 bridgehead atoms. The van der Waals surface area contributed by atoms with Crippen LogP contribution in [0.15, 0.2) is 53.4 Å². The van der Waals surface area contributed by atoms with Gasteiger partial charge in [-0.2, -0.15) is 13.9 Å². The van der Waals surface area contributed by atoms with Crippen molar-refractivity contribution >= 4 is 27.1 Å². The normalized spacial score (nSPS) is 11.5. The average molecular weight is 464 g/mol. The molecule has 12 heteroatoms. The molecule has 0 aliphatic rings. The molecule has 0 aliphatic heterocycles. The number of rotatable bonds is 7. The van der Waals surface area contributed by atoms with Gasteiger partial charge >= 0.3 is 11.4 Å². The monoisotopic (exact) mass is 464 g/mol. The van der Waals surface area contributed by atoms with E-state index >= 15 is 0 Å². The number of para-hydroxylation sites is 1. The largest absolute Gasteiger partial charge is 0.341 e.